The van der Waals surface area contributed by atoms with Gasteiger partial charge in [0.15, 0.2) is 0 Å². The number of nitrogens with zero attached hydrogens (tertiary/aromatic N) is 8. The third-order valence-electron chi connectivity index (χ3n) is 8.21. The molecule has 0 aliphatic carbocycles. The number of aromatic nitrogens is 4. The average Bonchev–Trinajstić information content (AvgIpc) is 3.48. The molecule has 198 valence electrons. The van der Waals surface area contributed by atoms with Crippen LogP contribution >= 0.6 is 0 Å². The van der Waals surface area contributed by atoms with E-state index in [0.29, 0.717) is 38.8 Å². The molecule has 2 amide bonds. The number of carbonyl (C=O) groups excluding carboxylic acids is 1. The highest BCUT2D eigenvalue weighted by atomic mass is 16.5. The first-order valence-electron chi connectivity index (χ1n) is 13.0. The molecule has 0 aromatic carbocycles. The Morgan fingerprint density at radius 3 is 2.68 bits per heavy atom. The van der Waals surface area contributed by atoms with E-state index in [-0.39, 0.29) is 29.7 Å². The van der Waals surface area contributed by atoms with E-state index in [1.807, 2.05) is 9.80 Å². The van der Waals surface area contributed by atoms with Gasteiger partial charge in [-0.3, -0.25) is 0 Å². The van der Waals surface area contributed by atoms with Crippen LogP contribution in [-0.2, 0) is 15.9 Å². The number of methoxy groups -OCH3 is 1. The lowest BCUT2D eigenvalue weighted by molar-refractivity contribution is -0.0145. The topological polar surface area (TPSA) is 126 Å². The molecule has 0 spiro atoms. The molecule has 2 aromatic rings. The minimum atomic E-state index is -0.219. The largest absolute Gasteiger partial charge is 0.378 e. The van der Waals surface area contributed by atoms with Gasteiger partial charge in [-0.2, -0.15) is 4.98 Å². The third kappa shape index (κ3) is 4.21. The van der Waals surface area contributed by atoms with Crippen molar-refractivity contribution in [2.75, 3.05) is 75.1 Å². The molecule has 37 heavy (non-hydrogen) atoms. The summed E-state index contributed by atoms with van der Waals surface area (Å²) in [6, 6.07) is 0.265. The van der Waals surface area contributed by atoms with E-state index in [0.717, 1.165) is 55.1 Å². The van der Waals surface area contributed by atoms with Crippen molar-refractivity contribution in [2.45, 2.75) is 44.4 Å². The Labute approximate surface area is 216 Å². The summed E-state index contributed by atoms with van der Waals surface area (Å²) in [4.78, 5) is 40.2. The zero-order valence-electron chi connectivity index (χ0n) is 21.8. The van der Waals surface area contributed by atoms with Crippen molar-refractivity contribution >= 4 is 23.7 Å². The monoisotopic (exact) mass is 509 g/mol. The fourth-order valence-electron chi connectivity index (χ4n) is 5.89. The molecule has 0 bridgehead atoms. The van der Waals surface area contributed by atoms with Crippen LogP contribution in [0, 0.1) is 0 Å². The smallest absolute Gasteiger partial charge is 0.320 e. The predicted molar refractivity (Wildman–Crippen MR) is 139 cm³/mol. The number of ether oxygens (including phenoxy) is 2. The summed E-state index contributed by atoms with van der Waals surface area (Å²) < 4.78 is 11.0. The lowest BCUT2D eigenvalue weighted by Crippen LogP contribution is -2.58. The molecule has 4 aliphatic rings. The Balaban J connectivity index is 1.32. The van der Waals surface area contributed by atoms with Crippen molar-refractivity contribution < 1.29 is 14.3 Å². The summed E-state index contributed by atoms with van der Waals surface area (Å²) in [5.74, 6) is 1.87. The molecule has 12 heteroatoms. The van der Waals surface area contributed by atoms with Crippen LogP contribution in [0.25, 0.3) is 11.3 Å². The maximum Gasteiger partial charge on any atom is 0.320 e. The van der Waals surface area contributed by atoms with E-state index in [1.165, 1.54) is 0 Å². The molecule has 2 atom stereocenters. The van der Waals surface area contributed by atoms with Gasteiger partial charge in [-0.1, -0.05) is 0 Å². The summed E-state index contributed by atoms with van der Waals surface area (Å²) in [5.41, 5.74) is 8.32. The van der Waals surface area contributed by atoms with E-state index in [4.69, 9.17) is 25.2 Å². The van der Waals surface area contributed by atoms with Gasteiger partial charge in [-0.25, -0.2) is 19.7 Å². The minimum absolute atomic E-state index is 0.0988. The molecule has 2 aromatic heterocycles. The second-order valence-electron chi connectivity index (χ2n) is 10.7. The van der Waals surface area contributed by atoms with E-state index >= 15 is 0 Å². The third-order valence-corrected chi connectivity index (χ3v) is 8.21. The van der Waals surface area contributed by atoms with Crippen molar-refractivity contribution in [2.24, 2.45) is 0 Å². The van der Waals surface area contributed by atoms with Gasteiger partial charge in [0, 0.05) is 56.8 Å². The van der Waals surface area contributed by atoms with E-state index < -0.39 is 0 Å². The Kier molecular flexibility index (Phi) is 6.03. The number of hydrogen-bond acceptors (Lipinski definition) is 10. The number of nitrogen functional groups attached to an aromatic ring is 1. The number of fused-ring (bicyclic) bond motifs is 1. The average molecular weight is 510 g/mol. The number of amides is 2. The first-order chi connectivity index (χ1) is 17.9. The maximum absolute atomic E-state index is 13.1. The number of nitrogens with two attached hydrogens (primary N) is 1. The first kappa shape index (κ1) is 24.1. The zero-order valence-corrected chi connectivity index (χ0v) is 21.8. The molecule has 0 unspecified atom stereocenters. The van der Waals surface area contributed by atoms with Gasteiger partial charge in [0.2, 0.25) is 11.9 Å². The lowest BCUT2D eigenvalue weighted by atomic mass is 9.99. The fraction of sp³-hybridized carbons (Fsp3) is 0.640. The normalized spacial score (nSPS) is 26.0. The van der Waals surface area contributed by atoms with Crippen molar-refractivity contribution in [3.8, 4) is 11.3 Å². The lowest BCUT2D eigenvalue weighted by Gasteiger charge is -2.41. The van der Waals surface area contributed by atoms with Crippen LogP contribution < -0.4 is 15.5 Å². The van der Waals surface area contributed by atoms with Crippen LogP contribution in [0.15, 0.2) is 12.4 Å². The highest BCUT2D eigenvalue weighted by molar-refractivity contribution is 5.77. The number of urea groups is 1. The molecule has 0 saturated carbocycles. The summed E-state index contributed by atoms with van der Waals surface area (Å²) in [5, 5.41) is 0. The summed E-state index contributed by atoms with van der Waals surface area (Å²) >= 11 is 0. The molecule has 4 aliphatic heterocycles. The Morgan fingerprint density at radius 2 is 1.95 bits per heavy atom. The van der Waals surface area contributed by atoms with Crippen LogP contribution in [0.4, 0.5) is 22.5 Å². The molecule has 6 rings (SSSR count). The molecule has 6 heterocycles. The number of anilines is 3. The number of morpholine rings is 1. The SMILES string of the molecule is COC1CN(C(=O)N2CC[C@](C)(N3CCc4c(-c5cnc(N)nc5)nc(N5CCOC[C@@H]5C)nc43)C2)C1. The second kappa shape index (κ2) is 9.25. The van der Waals surface area contributed by atoms with Crippen LogP contribution in [0.1, 0.15) is 25.8 Å². The summed E-state index contributed by atoms with van der Waals surface area (Å²) in [6.07, 6.45) is 5.32. The molecular weight excluding hydrogens is 474 g/mol. The predicted octanol–water partition coefficient (Wildman–Crippen LogP) is 1.02. The number of carbonyl (C=O) groups is 1. The number of hydrogen-bond donors (Lipinski definition) is 1. The molecular formula is C25H35N9O3. The Morgan fingerprint density at radius 1 is 1.16 bits per heavy atom. The molecule has 2 N–H and O–H groups in total. The highest BCUT2D eigenvalue weighted by Crippen LogP contribution is 2.42. The Bertz CT molecular complexity index is 1170. The zero-order chi connectivity index (χ0) is 25.7. The van der Waals surface area contributed by atoms with Crippen molar-refractivity contribution in [1.82, 2.24) is 29.7 Å². The molecule has 3 fully saturated rings. The summed E-state index contributed by atoms with van der Waals surface area (Å²) in [6.45, 7) is 9.92. The Hall–Kier alpha value is -3.25. The summed E-state index contributed by atoms with van der Waals surface area (Å²) in [7, 11) is 1.70. The minimum Gasteiger partial charge on any atom is -0.378 e. The van der Waals surface area contributed by atoms with E-state index in [1.54, 1.807) is 19.5 Å². The van der Waals surface area contributed by atoms with Gasteiger partial charge < -0.3 is 34.8 Å². The van der Waals surface area contributed by atoms with Crippen LogP contribution in [-0.4, -0.2) is 113 Å². The van der Waals surface area contributed by atoms with Crippen molar-refractivity contribution in [3.63, 3.8) is 0 Å². The van der Waals surface area contributed by atoms with Gasteiger partial charge in [0.1, 0.15) is 5.82 Å². The number of rotatable bonds is 4. The van der Waals surface area contributed by atoms with E-state index in [9.17, 15) is 4.79 Å². The van der Waals surface area contributed by atoms with Crippen LogP contribution in [0.5, 0.6) is 0 Å². The fourth-order valence-corrected chi connectivity index (χ4v) is 5.89. The molecule has 3 saturated heterocycles. The van der Waals surface area contributed by atoms with Gasteiger partial charge in [-0.05, 0) is 26.7 Å². The van der Waals surface area contributed by atoms with Crippen LogP contribution in [0.2, 0.25) is 0 Å². The second-order valence-corrected chi connectivity index (χ2v) is 10.7. The van der Waals surface area contributed by atoms with E-state index in [2.05, 4.69) is 33.6 Å². The highest BCUT2D eigenvalue weighted by Gasteiger charge is 2.46. The number of likely N-dealkylation sites (tertiary alicyclic amines) is 2. The molecule has 0 radical (unpaired) electrons. The van der Waals surface area contributed by atoms with Crippen molar-refractivity contribution in [3.05, 3.63) is 18.0 Å². The van der Waals surface area contributed by atoms with Gasteiger partial charge in [0.05, 0.1) is 49.7 Å². The standard InChI is InChI=1S/C25H35N9O3/c1-16-14-37-9-8-33(16)23-29-20(17-10-27-22(26)28-11-17)19-4-6-34(21(19)30-23)25(2)5-7-31(15-25)24(35)32-12-18(13-32)36-3/h10-11,16,18H,4-9,12-15H2,1-3H3,(H2,26,27,28)/t16-,25-/m0/s1. The van der Waals surface area contributed by atoms with Crippen LogP contribution in [0.3, 0.4) is 0 Å². The van der Waals surface area contributed by atoms with Gasteiger partial charge in [0.25, 0.3) is 0 Å². The van der Waals surface area contributed by atoms with Gasteiger partial charge >= 0.3 is 6.03 Å². The first-order valence-corrected chi connectivity index (χ1v) is 13.0. The van der Waals surface area contributed by atoms with Crippen molar-refractivity contribution in [1.29, 1.82) is 0 Å². The quantitative estimate of drug-likeness (QED) is 0.638. The maximum atomic E-state index is 13.1. The molecule has 12 nitrogen and oxygen atoms in total. The van der Waals surface area contributed by atoms with Gasteiger partial charge in [-0.15, -0.1) is 0 Å².